The lowest BCUT2D eigenvalue weighted by molar-refractivity contribution is -0.384. The molecule has 9 nitrogen and oxygen atoms in total. The lowest BCUT2D eigenvalue weighted by atomic mass is 10.1. The summed E-state index contributed by atoms with van der Waals surface area (Å²) in [6.45, 7) is 5.70. The molecule has 0 bridgehead atoms. The van der Waals surface area contributed by atoms with Crippen LogP contribution in [0.3, 0.4) is 0 Å². The van der Waals surface area contributed by atoms with Crippen LogP contribution in [-0.2, 0) is 16.6 Å². The molecule has 3 aromatic rings. The fraction of sp³-hybridized carbons (Fsp3) is 0.200. The molecule has 10 heteroatoms. The second-order valence-corrected chi connectivity index (χ2v) is 10.1. The second kappa shape index (κ2) is 10.5. The first kappa shape index (κ1) is 25.6. The predicted octanol–water partition coefficient (Wildman–Crippen LogP) is 4.33. The Kier molecular flexibility index (Phi) is 7.65. The molecule has 3 rings (SSSR count). The van der Waals surface area contributed by atoms with E-state index in [1.165, 1.54) is 16.4 Å². The van der Waals surface area contributed by atoms with Gasteiger partial charge in [0.05, 0.1) is 29.1 Å². The topological polar surface area (TPSA) is 122 Å². The van der Waals surface area contributed by atoms with E-state index in [4.69, 9.17) is 0 Å². The highest BCUT2D eigenvalue weighted by atomic mass is 32.2. The molecule has 0 aliphatic carbocycles. The highest BCUT2D eigenvalue weighted by Crippen LogP contribution is 2.23. The molecule has 1 N–H and O–H groups in total. The maximum absolute atomic E-state index is 12.5. The lowest BCUT2D eigenvalue weighted by Crippen LogP contribution is -2.29. The van der Waals surface area contributed by atoms with Gasteiger partial charge in [0.25, 0.3) is 11.6 Å². The van der Waals surface area contributed by atoms with Crippen molar-refractivity contribution >= 4 is 33.0 Å². The molecule has 0 saturated heterocycles. The summed E-state index contributed by atoms with van der Waals surface area (Å²) in [5, 5.41) is 14.8. The fourth-order valence-electron chi connectivity index (χ4n) is 3.30. The molecule has 0 aromatic heterocycles. The lowest BCUT2D eigenvalue weighted by Gasteiger charge is -2.23. The van der Waals surface area contributed by atoms with Crippen LogP contribution in [0.1, 0.15) is 39.5 Å². The first-order valence-electron chi connectivity index (χ1n) is 10.7. The fourth-order valence-corrected chi connectivity index (χ4v) is 4.18. The molecule has 0 aliphatic rings. The van der Waals surface area contributed by atoms with Gasteiger partial charge in [0.1, 0.15) is 0 Å². The van der Waals surface area contributed by atoms with Crippen molar-refractivity contribution in [2.45, 2.75) is 27.3 Å². The highest BCUT2D eigenvalue weighted by Gasteiger charge is 2.18. The van der Waals surface area contributed by atoms with E-state index in [-0.39, 0.29) is 12.2 Å². The number of nitro groups is 1. The number of hydrogen-bond acceptors (Lipinski definition) is 6. The molecule has 0 heterocycles. The summed E-state index contributed by atoms with van der Waals surface area (Å²) in [6.07, 6.45) is 1.16. The van der Waals surface area contributed by atoms with Gasteiger partial charge in [-0.25, -0.2) is 13.8 Å². The summed E-state index contributed by atoms with van der Waals surface area (Å²) < 4.78 is 26.2. The van der Waals surface area contributed by atoms with Crippen LogP contribution in [0.2, 0.25) is 0 Å². The Morgan fingerprint density at radius 1 is 0.971 bits per heavy atom. The van der Waals surface area contributed by atoms with Crippen LogP contribution in [0.15, 0.2) is 71.8 Å². The molecule has 182 valence electrons. The van der Waals surface area contributed by atoms with Crippen LogP contribution in [0, 0.1) is 24.0 Å². The number of aryl methyl sites for hydroxylation is 2. The van der Waals surface area contributed by atoms with Crippen molar-refractivity contribution in [2.75, 3.05) is 10.6 Å². The molecule has 0 saturated carbocycles. The zero-order chi connectivity index (χ0) is 25.8. The minimum atomic E-state index is -3.53. The number of rotatable bonds is 8. The van der Waals surface area contributed by atoms with Crippen molar-refractivity contribution in [3.8, 4) is 0 Å². The molecule has 0 aliphatic heterocycles. The summed E-state index contributed by atoms with van der Waals surface area (Å²) in [5.41, 5.74) is 7.28. The summed E-state index contributed by atoms with van der Waals surface area (Å²) in [4.78, 5) is 22.8. The standard InChI is InChI=1S/C25H26N4O5S/c1-17-5-12-24(15-18(17)2)28(35(4,33)34)16-20-6-8-22(9-7-20)25(30)27-26-19(3)21-10-13-23(14-11-21)29(31)32/h5-15H,16H2,1-4H3,(H,27,30)/b26-19-. The van der Waals surface area contributed by atoms with Crippen molar-refractivity contribution in [3.05, 3.63) is 105 Å². The zero-order valence-electron chi connectivity index (χ0n) is 19.8. The molecule has 0 unspecified atom stereocenters. The Bertz CT molecular complexity index is 1380. The van der Waals surface area contributed by atoms with Crippen molar-refractivity contribution in [1.82, 2.24) is 5.43 Å². The van der Waals surface area contributed by atoms with Crippen LogP contribution < -0.4 is 9.73 Å². The number of nitrogens with one attached hydrogen (secondary N) is 1. The minimum Gasteiger partial charge on any atom is -0.267 e. The van der Waals surface area contributed by atoms with E-state index in [1.54, 1.807) is 49.4 Å². The molecule has 0 radical (unpaired) electrons. The molecule has 0 atom stereocenters. The maximum Gasteiger partial charge on any atom is 0.271 e. The van der Waals surface area contributed by atoms with Gasteiger partial charge in [-0.2, -0.15) is 5.10 Å². The first-order valence-corrected chi connectivity index (χ1v) is 12.5. The number of sulfonamides is 1. The Morgan fingerprint density at radius 3 is 2.11 bits per heavy atom. The summed E-state index contributed by atoms with van der Waals surface area (Å²) in [6, 6.07) is 17.9. The van der Waals surface area contributed by atoms with Crippen molar-refractivity contribution in [3.63, 3.8) is 0 Å². The molecule has 35 heavy (non-hydrogen) atoms. The van der Waals surface area contributed by atoms with E-state index in [9.17, 15) is 23.3 Å². The molecule has 0 fully saturated rings. The number of anilines is 1. The third-order valence-electron chi connectivity index (χ3n) is 5.54. The average molecular weight is 495 g/mol. The number of nitro benzene ring substituents is 1. The smallest absolute Gasteiger partial charge is 0.267 e. The molecule has 1 amide bonds. The van der Waals surface area contributed by atoms with E-state index in [2.05, 4.69) is 10.5 Å². The average Bonchev–Trinajstić information content (AvgIpc) is 2.82. The number of benzene rings is 3. The van der Waals surface area contributed by atoms with Gasteiger partial charge in [0, 0.05) is 17.7 Å². The van der Waals surface area contributed by atoms with E-state index in [0.29, 0.717) is 22.5 Å². The number of hydrazone groups is 1. The summed E-state index contributed by atoms with van der Waals surface area (Å²) in [5.74, 6) is -0.438. The van der Waals surface area contributed by atoms with E-state index in [0.717, 1.165) is 22.9 Å². The van der Waals surface area contributed by atoms with Gasteiger partial charge in [-0.1, -0.05) is 18.2 Å². The van der Waals surface area contributed by atoms with Crippen molar-refractivity contribution in [1.29, 1.82) is 0 Å². The largest absolute Gasteiger partial charge is 0.271 e. The number of carbonyl (C=O) groups excluding carboxylic acids is 1. The highest BCUT2D eigenvalue weighted by molar-refractivity contribution is 7.92. The normalized spacial score (nSPS) is 11.7. The Hall–Kier alpha value is -4.05. The molecule has 3 aromatic carbocycles. The summed E-state index contributed by atoms with van der Waals surface area (Å²) in [7, 11) is -3.53. The number of non-ortho nitro benzene ring substituents is 1. The van der Waals surface area contributed by atoms with Gasteiger partial charge in [0.2, 0.25) is 10.0 Å². The van der Waals surface area contributed by atoms with E-state index < -0.39 is 20.9 Å². The number of hydrogen-bond donors (Lipinski definition) is 1. The van der Waals surface area contributed by atoms with Gasteiger partial charge in [-0.15, -0.1) is 0 Å². The number of amides is 1. The van der Waals surface area contributed by atoms with E-state index in [1.807, 2.05) is 26.0 Å². The number of nitrogens with zero attached hydrogens (tertiary/aromatic N) is 3. The second-order valence-electron chi connectivity index (χ2n) is 8.18. The Labute approximate surface area is 204 Å². The maximum atomic E-state index is 12.5. The third kappa shape index (κ3) is 6.51. The zero-order valence-corrected chi connectivity index (χ0v) is 20.7. The van der Waals surface area contributed by atoms with Gasteiger partial charge in [0.15, 0.2) is 0 Å². The number of carbonyl (C=O) groups is 1. The summed E-state index contributed by atoms with van der Waals surface area (Å²) >= 11 is 0. The van der Waals surface area contributed by atoms with E-state index >= 15 is 0 Å². The SMILES string of the molecule is C/C(=N/NC(=O)c1ccc(CN(c2ccc(C)c(C)c2)S(C)(=O)=O)cc1)c1ccc([N+](=O)[O-])cc1. The van der Waals surface area contributed by atoms with Gasteiger partial charge in [-0.3, -0.25) is 19.2 Å². The Morgan fingerprint density at radius 2 is 1.57 bits per heavy atom. The van der Waals surface area contributed by atoms with Crippen LogP contribution in [0.5, 0.6) is 0 Å². The van der Waals surface area contributed by atoms with Gasteiger partial charge >= 0.3 is 0 Å². The minimum absolute atomic E-state index is 0.0300. The van der Waals surface area contributed by atoms with Crippen LogP contribution >= 0.6 is 0 Å². The monoisotopic (exact) mass is 494 g/mol. The van der Waals surface area contributed by atoms with Crippen molar-refractivity contribution < 1.29 is 18.1 Å². The first-order chi connectivity index (χ1) is 16.5. The van der Waals surface area contributed by atoms with Crippen LogP contribution in [0.25, 0.3) is 0 Å². The molecular formula is C25H26N4O5S. The van der Waals surface area contributed by atoms with Crippen molar-refractivity contribution in [2.24, 2.45) is 5.10 Å². The Balaban J connectivity index is 1.71. The van der Waals surface area contributed by atoms with Crippen LogP contribution in [-0.4, -0.2) is 31.2 Å². The molecular weight excluding hydrogens is 468 g/mol. The van der Waals surface area contributed by atoms with Crippen LogP contribution in [0.4, 0.5) is 11.4 Å². The van der Waals surface area contributed by atoms with Gasteiger partial charge in [-0.05, 0) is 79.4 Å². The quantitative estimate of drug-likeness (QED) is 0.284. The predicted molar refractivity (Wildman–Crippen MR) is 136 cm³/mol. The van der Waals surface area contributed by atoms with Gasteiger partial charge < -0.3 is 0 Å². The third-order valence-corrected chi connectivity index (χ3v) is 6.68. The molecule has 0 spiro atoms.